The second kappa shape index (κ2) is 5.14. The van der Waals surface area contributed by atoms with Crippen LogP contribution in [0.15, 0.2) is 18.2 Å². The smallest absolute Gasteiger partial charge is 0.142 e. The number of rotatable bonds is 4. The van der Waals surface area contributed by atoms with Crippen LogP contribution in [0.5, 0.6) is 0 Å². The van der Waals surface area contributed by atoms with Crippen LogP contribution in [0.25, 0.3) is 0 Å². The number of nitrogens with one attached hydrogen (secondary N) is 2. The Kier molecular flexibility index (Phi) is 3.58. The number of nitrogens with two attached hydrogens (primary N) is 1. The fourth-order valence-electron chi connectivity index (χ4n) is 1.92. The summed E-state index contributed by atoms with van der Waals surface area (Å²) in [6.45, 7) is 2.98. The Balaban J connectivity index is 1.96. The molecule has 5 nitrogen and oxygen atoms in total. The van der Waals surface area contributed by atoms with Crippen LogP contribution in [0, 0.1) is 0 Å². The van der Waals surface area contributed by atoms with Crippen molar-refractivity contribution in [1.82, 2.24) is 4.98 Å². The molecule has 0 saturated carbocycles. The van der Waals surface area contributed by atoms with Gasteiger partial charge in [0, 0.05) is 6.61 Å². The monoisotopic (exact) mass is 222 g/mol. The number of anilines is 2. The Hall–Kier alpha value is -1.33. The Morgan fingerprint density at radius 2 is 2.31 bits per heavy atom. The molecule has 88 valence electrons. The van der Waals surface area contributed by atoms with Crippen molar-refractivity contribution < 1.29 is 4.74 Å². The maximum absolute atomic E-state index is 5.61. The Morgan fingerprint density at radius 1 is 1.50 bits per heavy atom. The van der Waals surface area contributed by atoms with Crippen molar-refractivity contribution in [1.29, 1.82) is 0 Å². The van der Waals surface area contributed by atoms with E-state index in [9.17, 15) is 0 Å². The normalized spacial score (nSPS) is 21.8. The maximum Gasteiger partial charge on any atom is 0.142 e. The van der Waals surface area contributed by atoms with Gasteiger partial charge in [0.05, 0.1) is 12.1 Å². The standard InChI is InChI=1S/C11H18N4O/c1-8(9-4-3-7-16-9)13-10-5-2-6-11(14-10)15-12/h2,5-6,8-9H,3-4,7,12H2,1H3,(H2,13,14,15). The van der Waals surface area contributed by atoms with E-state index in [4.69, 9.17) is 10.6 Å². The first-order chi connectivity index (χ1) is 7.79. The molecule has 0 aromatic carbocycles. The number of nitrogens with zero attached hydrogens (tertiary/aromatic N) is 1. The molecule has 2 heterocycles. The van der Waals surface area contributed by atoms with Crippen molar-refractivity contribution in [2.75, 3.05) is 17.3 Å². The van der Waals surface area contributed by atoms with E-state index in [1.807, 2.05) is 18.2 Å². The summed E-state index contributed by atoms with van der Waals surface area (Å²) in [6.07, 6.45) is 2.55. The van der Waals surface area contributed by atoms with Crippen molar-refractivity contribution in [2.24, 2.45) is 5.84 Å². The fraction of sp³-hybridized carbons (Fsp3) is 0.545. The van der Waals surface area contributed by atoms with E-state index in [-0.39, 0.29) is 12.1 Å². The van der Waals surface area contributed by atoms with Gasteiger partial charge in [0.2, 0.25) is 0 Å². The predicted molar refractivity (Wildman–Crippen MR) is 64.1 cm³/mol. The third-order valence-electron chi connectivity index (χ3n) is 2.80. The molecule has 1 saturated heterocycles. The molecule has 1 aliphatic heterocycles. The molecular weight excluding hydrogens is 204 g/mol. The quantitative estimate of drug-likeness (QED) is 0.530. The van der Waals surface area contributed by atoms with Gasteiger partial charge in [-0.15, -0.1) is 0 Å². The van der Waals surface area contributed by atoms with Crippen molar-refractivity contribution in [3.63, 3.8) is 0 Å². The topological polar surface area (TPSA) is 72.2 Å². The highest BCUT2D eigenvalue weighted by Crippen LogP contribution is 2.18. The summed E-state index contributed by atoms with van der Waals surface area (Å²) in [7, 11) is 0. The van der Waals surface area contributed by atoms with E-state index in [2.05, 4.69) is 22.7 Å². The van der Waals surface area contributed by atoms with Crippen LogP contribution in [0.2, 0.25) is 0 Å². The molecule has 5 heteroatoms. The van der Waals surface area contributed by atoms with Crippen LogP contribution >= 0.6 is 0 Å². The van der Waals surface area contributed by atoms with Crippen molar-refractivity contribution in [3.05, 3.63) is 18.2 Å². The highest BCUT2D eigenvalue weighted by Gasteiger charge is 2.22. The summed E-state index contributed by atoms with van der Waals surface area (Å²) in [5.41, 5.74) is 2.53. The highest BCUT2D eigenvalue weighted by molar-refractivity contribution is 5.44. The van der Waals surface area contributed by atoms with E-state index in [0.29, 0.717) is 5.82 Å². The molecule has 4 N–H and O–H groups in total. The van der Waals surface area contributed by atoms with Gasteiger partial charge in [-0.05, 0) is 31.9 Å². The Morgan fingerprint density at radius 3 is 3.00 bits per heavy atom. The molecule has 1 aromatic rings. The first kappa shape index (κ1) is 11.2. The molecule has 1 fully saturated rings. The molecule has 0 spiro atoms. The predicted octanol–water partition coefficient (Wildman–Crippen LogP) is 1.35. The zero-order valence-corrected chi connectivity index (χ0v) is 9.44. The van der Waals surface area contributed by atoms with E-state index in [1.54, 1.807) is 0 Å². The van der Waals surface area contributed by atoms with E-state index >= 15 is 0 Å². The van der Waals surface area contributed by atoms with E-state index in [1.165, 1.54) is 0 Å². The minimum absolute atomic E-state index is 0.267. The lowest BCUT2D eigenvalue weighted by Gasteiger charge is -2.20. The molecule has 1 aliphatic rings. The summed E-state index contributed by atoms with van der Waals surface area (Å²) in [4.78, 5) is 4.30. The SMILES string of the molecule is CC(Nc1cccc(NN)n1)C1CCCO1. The lowest BCUT2D eigenvalue weighted by molar-refractivity contribution is 0.0995. The summed E-state index contributed by atoms with van der Waals surface area (Å²) >= 11 is 0. The van der Waals surface area contributed by atoms with Crippen LogP contribution in [-0.2, 0) is 4.74 Å². The average molecular weight is 222 g/mol. The minimum Gasteiger partial charge on any atom is -0.376 e. The number of hydrogen-bond donors (Lipinski definition) is 3. The first-order valence-corrected chi connectivity index (χ1v) is 5.61. The molecule has 1 aromatic heterocycles. The molecule has 0 aliphatic carbocycles. The summed E-state index contributed by atoms with van der Waals surface area (Å²) < 4.78 is 5.61. The van der Waals surface area contributed by atoms with Crippen LogP contribution in [0.3, 0.4) is 0 Å². The summed E-state index contributed by atoms with van der Waals surface area (Å²) in [6, 6.07) is 5.92. The van der Waals surface area contributed by atoms with E-state index < -0.39 is 0 Å². The molecule has 16 heavy (non-hydrogen) atoms. The minimum atomic E-state index is 0.267. The molecule has 2 rings (SSSR count). The van der Waals surface area contributed by atoms with Crippen LogP contribution in [-0.4, -0.2) is 23.7 Å². The van der Waals surface area contributed by atoms with Gasteiger partial charge in [-0.2, -0.15) is 0 Å². The molecule has 2 atom stereocenters. The Labute approximate surface area is 95.4 Å². The van der Waals surface area contributed by atoms with Crippen molar-refractivity contribution in [2.45, 2.75) is 31.9 Å². The Bertz CT molecular complexity index is 339. The lowest BCUT2D eigenvalue weighted by atomic mass is 10.1. The van der Waals surface area contributed by atoms with Gasteiger partial charge >= 0.3 is 0 Å². The van der Waals surface area contributed by atoms with Crippen LogP contribution in [0.4, 0.5) is 11.6 Å². The van der Waals surface area contributed by atoms with Crippen LogP contribution < -0.4 is 16.6 Å². The number of nitrogen functional groups attached to an aromatic ring is 1. The van der Waals surface area contributed by atoms with Gasteiger partial charge in [0.25, 0.3) is 0 Å². The maximum atomic E-state index is 5.61. The van der Waals surface area contributed by atoms with E-state index in [0.717, 1.165) is 25.3 Å². The summed E-state index contributed by atoms with van der Waals surface area (Å²) in [5.74, 6) is 6.78. The van der Waals surface area contributed by atoms with Gasteiger partial charge < -0.3 is 15.5 Å². The van der Waals surface area contributed by atoms with Gasteiger partial charge in [0.1, 0.15) is 11.6 Å². The van der Waals surface area contributed by atoms with Gasteiger partial charge in [-0.25, -0.2) is 10.8 Å². The van der Waals surface area contributed by atoms with Gasteiger partial charge in [0.15, 0.2) is 0 Å². The molecule has 0 radical (unpaired) electrons. The zero-order valence-electron chi connectivity index (χ0n) is 9.44. The molecule has 0 bridgehead atoms. The number of pyridine rings is 1. The zero-order chi connectivity index (χ0) is 11.4. The molecular formula is C11H18N4O. The van der Waals surface area contributed by atoms with Gasteiger partial charge in [-0.3, -0.25) is 0 Å². The third-order valence-corrected chi connectivity index (χ3v) is 2.80. The van der Waals surface area contributed by atoms with Crippen molar-refractivity contribution in [3.8, 4) is 0 Å². The van der Waals surface area contributed by atoms with Crippen molar-refractivity contribution >= 4 is 11.6 Å². The lowest BCUT2D eigenvalue weighted by Crippen LogP contribution is -2.30. The highest BCUT2D eigenvalue weighted by atomic mass is 16.5. The second-order valence-electron chi connectivity index (χ2n) is 4.04. The third kappa shape index (κ3) is 2.62. The largest absolute Gasteiger partial charge is 0.376 e. The summed E-state index contributed by atoms with van der Waals surface area (Å²) in [5, 5.41) is 3.33. The second-order valence-corrected chi connectivity index (χ2v) is 4.04. The first-order valence-electron chi connectivity index (χ1n) is 5.61. The molecule has 2 unspecified atom stereocenters. The number of ether oxygens (including phenoxy) is 1. The number of hydrazine groups is 1. The van der Waals surface area contributed by atoms with Crippen LogP contribution in [0.1, 0.15) is 19.8 Å². The number of hydrogen-bond acceptors (Lipinski definition) is 5. The average Bonchev–Trinajstić information content (AvgIpc) is 2.83. The fourth-order valence-corrected chi connectivity index (χ4v) is 1.92. The van der Waals surface area contributed by atoms with Gasteiger partial charge in [-0.1, -0.05) is 6.07 Å². The number of aromatic nitrogens is 1. The molecule has 0 amide bonds.